The van der Waals surface area contributed by atoms with Crippen molar-refractivity contribution in [2.24, 2.45) is 0 Å². The topological polar surface area (TPSA) is 99.0 Å². The van der Waals surface area contributed by atoms with E-state index in [1.54, 1.807) is 0 Å². The van der Waals surface area contributed by atoms with Crippen LogP contribution in [-0.4, -0.2) is 46.0 Å². The molecule has 1 saturated heterocycles. The van der Waals surface area contributed by atoms with E-state index in [-0.39, 0.29) is 34.5 Å². The van der Waals surface area contributed by atoms with Crippen molar-refractivity contribution in [2.75, 3.05) is 18.9 Å². The van der Waals surface area contributed by atoms with Crippen LogP contribution < -0.4 is 10.5 Å². The zero-order valence-electron chi connectivity index (χ0n) is 13.8. The fraction of sp³-hybridized carbons (Fsp3) is 0.438. The molecule has 3 heterocycles. The molecule has 3 rings (SSSR count). The third-order valence-electron chi connectivity index (χ3n) is 3.91. The van der Waals surface area contributed by atoms with Gasteiger partial charge in [-0.3, -0.25) is 10.1 Å². The molecular weight excluding hydrogens is 351 g/mol. The van der Waals surface area contributed by atoms with Crippen LogP contribution in [0, 0.1) is 5.41 Å². The number of aromatic nitrogens is 3. The molecule has 10 heteroatoms. The molecule has 26 heavy (non-hydrogen) atoms. The molecule has 0 radical (unpaired) electrons. The molecule has 0 unspecified atom stereocenters. The van der Waals surface area contributed by atoms with Crippen LogP contribution in [0.1, 0.15) is 24.0 Å². The van der Waals surface area contributed by atoms with Crippen LogP contribution in [0.4, 0.5) is 18.9 Å². The van der Waals surface area contributed by atoms with E-state index in [1.807, 2.05) is 0 Å². The van der Waals surface area contributed by atoms with Gasteiger partial charge in [-0.2, -0.15) is 18.3 Å². The first-order chi connectivity index (χ1) is 12.3. The molecule has 3 N–H and O–H groups in total. The van der Waals surface area contributed by atoms with Crippen molar-refractivity contribution in [1.82, 2.24) is 14.8 Å². The van der Waals surface area contributed by atoms with Crippen LogP contribution in [-0.2, 0) is 11.3 Å². The van der Waals surface area contributed by atoms with Gasteiger partial charge in [0.2, 0.25) is 5.88 Å². The largest absolute Gasteiger partial charge is 0.474 e. The first-order valence-corrected chi connectivity index (χ1v) is 8.01. The number of nitrogens with two attached hydrogens (primary N) is 1. The van der Waals surface area contributed by atoms with Gasteiger partial charge in [0, 0.05) is 36.5 Å². The second kappa shape index (κ2) is 7.32. The summed E-state index contributed by atoms with van der Waals surface area (Å²) in [6.45, 7) is -0.0812. The Bertz CT molecular complexity index is 784. The molecule has 0 aliphatic carbocycles. The number of hydrogen-bond donors (Lipinski definition) is 2. The minimum absolute atomic E-state index is 0.0916. The summed E-state index contributed by atoms with van der Waals surface area (Å²) in [5.74, 6) is 0.186. The van der Waals surface area contributed by atoms with Crippen molar-refractivity contribution in [3.05, 3.63) is 35.8 Å². The molecule has 7 nitrogen and oxygen atoms in total. The highest BCUT2D eigenvalue weighted by atomic mass is 19.4. The fourth-order valence-corrected chi connectivity index (χ4v) is 2.66. The van der Waals surface area contributed by atoms with Gasteiger partial charge in [0.25, 0.3) is 0 Å². The Balaban J connectivity index is 1.84. The van der Waals surface area contributed by atoms with Crippen molar-refractivity contribution in [3.63, 3.8) is 0 Å². The number of anilines is 1. The Hall–Kier alpha value is -2.62. The van der Waals surface area contributed by atoms with E-state index >= 15 is 0 Å². The summed E-state index contributed by atoms with van der Waals surface area (Å²) >= 11 is 0. The van der Waals surface area contributed by atoms with Crippen molar-refractivity contribution in [1.29, 1.82) is 5.41 Å². The van der Waals surface area contributed by atoms with Crippen LogP contribution in [0.25, 0.3) is 0 Å². The molecule has 0 saturated carbocycles. The summed E-state index contributed by atoms with van der Waals surface area (Å²) in [6.07, 6.45) is 0.681. The zero-order chi connectivity index (χ0) is 18.7. The third-order valence-corrected chi connectivity index (χ3v) is 3.91. The molecule has 2 aromatic heterocycles. The lowest BCUT2D eigenvalue weighted by atomic mass is 10.0. The number of nitrogen functional groups attached to an aromatic ring is 1. The predicted octanol–water partition coefficient (Wildman–Crippen LogP) is 2.40. The number of pyridine rings is 1. The highest BCUT2D eigenvalue weighted by molar-refractivity contribution is 6.15. The number of halogens is 3. The van der Waals surface area contributed by atoms with Gasteiger partial charge < -0.3 is 15.2 Å². The van der Waals surface area contributed by atoms with Crippen LogP contribution in [0.2, 0.25) is 0 Å². The molecular formula is C16H18F3N5O2. The molecule has 0 aromatic carbocycles. The van der Waals surface area contributed by atoms with Gasteiger partial charge in [-0.1, -0.05) is 0 Å². The second-order valence-electron chi connectivity index (χ2n) is 5.93. The highest BCUT2D eigenvalue weighted by Gasteiger charge is 2.29. The van der Waals surface area contributed by atoms with E-state index in [0.29, 0.717) is 26.1 Å². The number of alkyl halides is 3. The first-order valence-electron chi connectivity index (χ1n) is 8.01. The fourth-order valence-electron chi connectivity index (χ4n) is 2.66. The van der Waals surface area contributed by atoms with Crippen LogP contribution in [0.3, 0.4) is 0 Å². The second-order valence-corrected chi connectivity index (χ2v) is 5.93. The van der Waals surface area contributed by atoms with Gasteiger partial charge in [-0.15, -0.1) is 0 Å². The smallest absolute Gasteiger partial charge is 0.408 e. The van der Waals surface area contributed by atoms with E-state index in [2.05, 4.69) is 10.1 Å². The molecule has 0 amide bonds. The van der Waals surface area contributed by atoms with Gasteiger partial charge in [-0.05, 0) is 6.07 Å². The summed E-state index contributed by atoms with van der Waals surface area (Å²) in [4.78, 5) is 4.16. The average Bonchev–Trinajstić information content (AvgIpc) is 3.02. The maximum atomic E-state index is 12.5. The lowest BCUT2D eigenvalue weighted by Crippen LogP contribution is -2.27. The maximum absolute atomic E-state index is 12.5. The van der Waals surface area contributed by atoms with Crippen molar-refractivity contribution in [2.45, 2.75) is 31.7 Å². The molecule has 0 bridgehead atoms. The van der Waals surface area contributed by atoms with E-state index in [1.165, 1.54) is 18.5 Å². The van der Waals surface area contributed by atoms with E-state index < -0.39 is 12.7 Å². The Kier molecular flexibility index (Phi) is 5.12. The SMILES string of the molecule is N=C(c1cnn(CC(F)(F)F)c1)c1c(N)ccnc1OC1CCOCC1. The minimum Gasteiger partial charge on any atom is -0.474 e. The number of rotatable bonds is 5. The monoisotopic (exact) mass is 369 g/mol. The molecule has 1 aliphatic rings. The van der Waals surface area contributed by atoms with Crippen molar-refractivity contribution in [3.8, 4) is 5.88 Å². The van der Waals surface area contributed by atoms with E-state index in [4.69, 9.17) is 20.6 Å². The standard InChI is InChI=1S/C16H18F3N5O2/c17-16(18,19)9-24-8-10(7-23-24)14(21)13-12(20)1-4-22-15(13)26-11-2-5-25-6-3-11/h1,4,7-8,11,21H,2-3,5-6,9H2,(H2,20,22). The average molecular weight is 369 g/mol. The molecule has 1 aliphatic heterocycles. The van der Waals surface area contributed by atoms with Gasteiger partial charge in [0.1, 0.15) is 12.6 Å². The van der Waals surface area contributed by atoms with Gasteiger partial charge in [-0.25, -0.2) is 4.98 Å². The Labute approximate surface area is 147 Å². The number of nitrogens with one attached hydrogen (secondary N) is 1. The summed E-state index contributed by atoms with van der Waals surface area (Å²) in [5.41, 5.74) is 6.59. The van der Waals surface area contributed by atoms with Gasteiger partial charge in [0.05, 0.1) is 30.7 Å². The quantitative estimate of drug-likeness (QED) is 0.789. The summed E-state index contributed by atoms with van der Waals surface area (Å²) < 4.78 is 49.4. The normalized spacial score (nSPS) is 15.8. The minimum atomic E-state index is -4.39. The number of nitrogens with zero attached hydrogens (tertiary/aromatic N) is 3. The highest BCUT2D eigenvalue weighted by Crippen LogP contribution is 2.27. The van der Waals surface area contributed by atoms with Crippen LogP contribution >= 0.6 is 0 Å². The molecule has 1 fully saturated rings. The van der Waals surface area contributed by atoms with Gasteiger partial charge >= 0.3 is 6.18 Å². The van der Waals surface area contributed by atoms with E-state index in [0.717, 1.165) is 10.9 Å². The lowest BCUT2D eigenvalue weighted by molar-refractivity contribution is -0.142. The van der Waals surface area contributed by atoms with Crippen molar-refractivity contribution < 1.29 is 22.6 Å². The maximum Gasteiger partial charge on any atom is 0.408 e. The Morgan fingerprint density at radius 2 is 2.12 bits per heavy atom. The number of hydrogen-bond acceptors (Lipinski definition) is 6. The summed E-state index contributed by atoms with van der Waals surface area (Å²) in [7, 11) is 0. The zero-order valence-corrected chi connectivity index (χ0v) is 13.8. The summed E-state index contributed by atoms with van der Waals surface area (Å²) in [5, 5.41) is 12.0. The predicted molar refractivity (Wildman–Crippen MR) is 87.3 cm³/mol. The summed E-state index contributed by atoms with van der Waals surface area (Å²) in [6, 6.07) is 1.51. The van der Waals surface area contributed by atoms with Crippen LogP contribution in [0.15, 0.2) is 24.7 Å². The molecule has 2 aromatic rings. The Morgan fingerprint density at radius 3 is 2.81 bits per heavy atom. The van der Waals surface area contributed by atoms with Crippen molar-refractivity contribution >= 4 is 11.4 Å². The first kappa shape index (κ1) is 18.2. The Morgan fingerprint density at radius 1 is 1.38 bits per heavy atom. The third kappa shape index (κ3) is 4.31. The van der Waals surface area contributed by atoms with Gasteiger partial charge in [0.15, 0.2) is 0 Å². The van der Waals surface area contributed by atoms with E-state index in [9.17, 15) is 13.2 Å². The molecule has 0 atom stereocenters. The molecule has 0 spiro atoms. The molecule has 140 valence electrons. The van der Waals surface area contributed by atoms with Crippen LogP contribution in [0.5, 0.6) is 5.88 Å². The lowest BCUT2D eigenvalue weighted by Gasteiger charge is -2.24. The number of ether oxygens (including phenoxy) is 2.